The first-order valence-electron chi connectivity index (χ1n) is 3.34. The van der Waals surface area contributed by atoms with Crippen molar-refractivity contribution in [2.45, 2.75) is 12.6 Å². The molecule has 4 heteroatoms. The maximum Gasteiger partial charge on any atom is 0.317 e. The van der Waals surface area contributed by atoms with E-state index in [2.05, 4.69) is 5.32 Å². The van der Waals surface area contributed by atoms with E-state index >= 15 is 0 Å². The van der Waals surface area contributed by atoms with Crippen molar-refractivity contribution in [3.63, 3.8) is 0 Å². The lowest BCUT2D eigenvalue weighted by Crippen LogP contribution is -2.36. The fourth-order valence-electron chi connectivity index (χ4n) is 1.06. The molecule has 0 aliphatic carbocycles. The molecule has 3 nitrogen and oxygen atoms in total. The predicted molar refractivity (Wildman–Crippen MR) is 35.5 cm³/mol. The van der Waals surface area contributed by atoms with Gasteiger partial charge in [0.1, 0.15) is 6.17 Å². The maximum absolute atomic E-state index is 12.4. The molecular weight excluding hydrogens is 135 g/mol. The van der Waals surface area contributed by atoms with Gasteiger partial charge in [-0.2, -0.15) is 0 Å². The highest BCUT2D eigenvalue weighted by Crippen LogP contribution is 2.11. The zero-order chi connectivity index (χ0) is 7.56. The second-order valence-electron chi connectivity index (χ2n) is 2.39. The van der Waals surface area contributed by atoms with E-state index in [9.17, 15) is 9.18 Å². The molecule has 0 aromatic carbocycles. The van der Waals surface area contributed by atoms with Gasteiger partial charge >= 0.3 is 6.03 Å². The van der Waals surface area contributed by atoms with Crippen LogP contribution in [-0.2, 0) is 0 Å². The van der Waals surface area contributed by atoms with Gasteiger partial charge in [0.2, 0.25) is 0 Å². The molecule has 0 bridgehead atoms. The number of rotatable bonds is 0. The molecule has 0 radical (unpaired) electrons. The first kappa shape index (κ1) is 7.31. The van der Waals surface area contributed by atoms with Crippen molar-refractivity contribution in [1.29, 1.82) is 0 Å². The zero-order valence-electron chi connectivity index (χ0n) is 5.93. The minimum atomic E-state index is -0.822. The molecule has 0 aromatic rings. The Kier molecular flexibility index (Phi) is 2.09. The smallest absolute Gasteiger partial charge is 0.317 e. The largest absolute Gasteiger partial charge is 0.341 e. The van der Waals surface area contributed by atoms with Crippen LogP contribution in [0.4, 0.5) is 9.18 Å². The fraction of sp³-hybridized carbons (Fsp3) is 0.833. The SMILES string of the molecule is CNC(=O)N1CC[C@H](F)C1. The summed E-state index contributed by atoms with van der Waals surface area (Å²) in [6.45, 7) is 0.792. The number of likely N-dealkylation sites (tertiary alicyclic amines) is 1. The summed E-state index contributed by atoms with van der Waals surface area (Å²) in [6.07, 6.45) is -0.342. The number of carbonyl (C=O) groups is 1. The number of hydrogen-bond donors (Lipinski definition) is 1. The third kappa shape index (κ3) is 1.37. The van der Waals surface area contributed by atoms with Crippen LogP contribution in [0.3, 0.4) is 0 Å². The Hall–Kier alpha value is -0.800. The molecule has 1 atom stereocenters. The standard InChI is InChI=1S/C6H11FN2O/c1-8-6(10)9-3-2-5(7)4-9/h5H,2-4H2,1H3,(H,8,10)/t5-/m0/s1. The first-order chi connectivity index (χ1) is 4.74. The van der Waals surface area contributed by atoms with Crippen molar-refractivity contribution in [2.75, 3.05) is 20.1 Å². The molecule has 1 aliphatic heterocycles. The molecule has 1 aliphatic rings. The molecule has 1 rings (SSSR count). The summed E-state index contributed by atoms with van der Waals surface area (Å²) in [5, 5.41) is 2.45. The topological polar surface area (TPSA) is 32.3 Å². The number of carbonyl (C=O) groups excluding carboxylic acids is 1. The van der Waals surface area contributed by atoms with E-state index in [4.69, 9.17) is 0 Å². The van der Waals surface area contributed by atoms with E-state index in [0.29, 0.717) is 13.0 Å². The molecule has 0 aromatic heterocycles. The highest BCUT2D eigenvalue weighted by molar-refractivity contribution is 5.74. The van der Waals surface area contributed by atoms with Gasteiger partial charge in [-0.1, -0.05) is 0 Å². The molecule has 1 N–H and O–H groups in total. The fourth-order valence-corrected chi connectivity index (χ4v) is 1.06. The second kappa shape index (κ2) is 2.86. The van der Waals surface area contributed by atoms with Crippen LogP contribution in [-0.4, -0.2) is 37.2 Å². The molecule has 2 amide bonds. The summed E-state index contributed by atoms with van der Waals surface area (Å²) in [4.78, 5) is 12.3. The Morgan fingerprint density at radius 3 is 2.90 bits per heavy atom. The minimum Gasteiger partial charge on any atom is -0.341 e. The Bertz CT molecular complexity index is 140. The van der Waals surface area contributed by atoms with Crippen LogP contribution in [0.25, 0.3) is 0 Å². The van der Waals surface area contributed by atoms with Gasteiger partial charge in [-0.15, -0.1) is 0 Å². The first-order valence-corrected chi connectivity index (χ1v) is 3.34. The molecule has 0 spiro atoms. The Morgan fingerprint density at radius 2 is 2.50 bits per heavy atom. The van der Waals surface area contributed by atoms with E-state index in [0.717, 1.165) is 0 Å². The van der Waals surface area contributed by atoms with Crippen molar-refractivity contribution < 1.29 is 9.18 Å². The van der Waals surface area contributed by atoms with E-state index < -0.39 is 6.17 Å². The number of urea groups is 1. The van der Waals surface area contributed by atoms with Crippen molar-refractivity contribution in [1.82, 2.24) is 10.2 Å². The number of hydrogen-bond acceptors (Lipinski definition) is 1. The van der Waals surface area contributed by atoms with Gasteiger partial charge in [0, 0.05) is 13.6 Å². The number of amides is 2. The van der Waals surface area contributed by atoms with Crippen LogP contribution in [0.2, 0.25) is 0 Å². The monoisotopic (exact) mass is 146 g/mol. The molecule has 0 unspecified atom stereocenters. The summed E-state index contributed by atoms with van der Waals surface area (Å²) in [7, 11) is 1.55. The maximum atomic E-state index is 12.4. The summed E-state index contributed by atoms with van der Waals surface area (Å²) in [5.41, 5.74) is 0. The third-order valence-corrected chi connectivity index (χ3v) is 1.63. The number of halogens is 1. The number of alkyl halides is 1. The highest BCUT2D eigenvalue weighted by atomic mass is 19.1. The van der Waals surface area contributed by atoms with Crippen LogP contribution in [0.15, 0.2) is 0 Å². The lowest BCUT2D eigenvalue weighted by molar-refractivity contribution is 0.206. The van der Waals surface area contributed by atoms with Crippen molar-refractivity contribution >= 4 is 6.03 Å². The molecule has 1 heterocycles. The number of nitrogens with zero attached hydrogens (tertiary/aromatic N) is 1. The van der Waals surface area contributed by atoms with Crippen molar-refractivity contribution in [3.8, 4) is 0 Å². The van der Waals surface area contributed by atoms with E-state index in [1.54, 1.807) is 7.05 Å². The van der Waals surface area contributed by atoms with Gasteiger partial charge in [-0.05, 0) is 6.42 Å². The molecule has 0 saturated carbocycles. The molecule has 1 fully saturated rings. The quantitative estimate of drug-likeness (QED) is 0.526. The molecule has 58 valence electrons. The third-order valence-electron chi connectivity index (χ3n) is 1.63. The highest BCUT2D eigenvalue weighted by Gasteiger charge is 2.24. The normalized spacial score (nSPS) is 25.0. The van der Waals surface area contributed by atoms with Gasteiger partial charge in [0.25, 0.3) is 0 Å². The van der Waals surface area contributed by atoms with Crippen LogP contribution in [0.1, 0.15) is 6.42 Å². The molecular formula is C6H11FN2O. The van der Waals surface area contributed by atoms with Crippen molar-refractivity contribution in [3.05, 3.63) is 0 Å². The Labute approximate surface area is 59.2 Å². The van der Waals surface area contributed by atoms with Crippen LogP contribution in [0, 0.1) is 0 Å². The van der Waals surface area contributed by atoms with Crippen LogP contribution in [0.5, 0.6) is 0 Å². The van der Waals surface area contributed by atoms with E-state index in [-0.39, 0.29) is 12.6 Å². The van der Waals surface area contributed by atoms with Crippen LogP contribution >= 0.6 is 0 Å². The van der Waals surface area contributed by atoms with Gasteiger partial charge in [-0.25, -0.2) is 9.18 Å². The van der Waals surface area contributed by atoms with E-state index in [1.807, 2.05) is 0 Å². The summed E-state index contributed by atoms with van der Waals surface area (Å²) < 4.78 is 12.4. The number of nitrogens with one attached hydrogen (secondary N) is 1. The molecule has 10 heavy (non-hydrogen) atoms. The van der Waals surface area contributed by atoms with E-state index in [1.165, 1.54) is 4.90 Å². The van der Waals surface area contributed by atoms with Crippen LogP contribution < -0.4 is 5.32 Å². The average Bonchev–Trinajstić information content (AvgIpc) is 2.34. The minimum absolute atomic E-state index is 0.180. The second-order valence-corrected chi connectivity index (χ2v) is 2.39. The van der Waals surface area contributed by atoms with Gasteiger partial charge in [0.05, 0.1) is 6.54 Å². The van der Waals surface area contributed by atoms with Gasteiger partial charge in [-0.3, -0.25) is 0 Å². The van der Waals surface area contributed by atoms with Gasteiger partial charge in [0.15, 0.2) is 0 Å². The lowest BCUT2D eigenvalue weighted by atomic mass is 10.3. The average molecular weight is 146 g/mol. The Balaban J connectivity index is 2.37. The Morgan fingerprint density at radius 1 is 1.80 bits per heavy atom. The zero-order valence-corrected chi connectivity index (χ0v) is 5.93. The summed E-state index contributed by atoms with van der Waals surface area (Å²) in [5.74, 6) is 0. The molecule has 1 saturated heterocycles. The van der Waals surface area contributed by atoms with Gasteiger partial charge < -0.3 is 10.2 Å². The predicted octanol–water partition coefficient (Wildman–Crippen LogP) is 0.370. The van der Waals surface area contributed by atoms with Crippen molar-refractivity contribution in [2.24, 2.45) is 0 Å². The summed E-state index contributed by atoms with van der Waals surface area (Å²) in [6, 6.07) is -0.180. The summed E-state index contributed by atoms with van der Waals surface area (Å²) >= 11 is 0. The lowest BCUT2D eigenvalue weighted by Gasteiger charge is -2.13.